The van der Waals surface area contributed by atoms with Gasteiger partial charge in [-0.05, 0) is 62.6 Å². The van der Waals surface area contributed by atoms with Crippen LogP contribution < -0.4 is 10.6 Å². The maximum Gasteiger partial charge on any atom is 0.252 e. The van der Waals surface area contributed by atoms with Gasteiger partial charge >= 0.3 is 0 Å². The van der Waals surface area contributed by atoms with Gasteiger partial charge in [-0.3, -0.25) is 14.6 Å². The Hall–Kier alpha value is -2.21. The highest BCUT2D eigenvalue weighted by Crippen LogP contribution is 2.36. The van der Waals surface area contributed by atoms with E-state index >= 15 is 0 Å². The molecule has 6 heteroatoms. The monoisotopic (exact) mass is 385 g/mol. The lowest BCUT2D eigenvalue weighted by atomic mass is 9.77. The van der Waals surface area contributed by atoms with Crippen LogP contribution in [0.5, 0.6) is 0 Å². The number of pyridine rings is 1. The van der Waals surface area contributed by atoms with Crippen molar-refractivity contribution in [3.8, 4) is 0 Å². The number of amides is 2. The van der Waals surface area contributed by atoms with Crippen molar-refractivity contribution in [1.82, 2.24) is 15.6 Å². The molecule has 0 bridgehead atoms. The minimum atomic E-state index is -0.0828. The van der Waals surface area contributed by atoms with Crippen LogP contribution in [0.2, 0.25) is 0 Å². The van der Waals surface area contributed by atoms with E-state index in [-0.39, 0.29) is 17.9 Å². The van der Waals surface area contributed by atoms with Crippen LogP contribution in [0, 0.1) is 18.8 Å². The normalized spacial score (nSPS) is 20.7. The van der Waals surface area contributed by atoms with Crippen LogP contribution in [0.25, 0.3) is 0 Å². The Morgan fingerprint density at radius 2 is 2.04 bits per heavy atom. The molecule has 1 fully saturated rings. The molecule has 1 saturated carbocycles. The maximum atomic E-state index is 12.7. The second-order valence-electron chi connectivity index (χ2n) is 7.37. The van der Waals surface area contributed by atoms with Gasteiger partial charge in [-0.25, -0.2) is 0 Å². The van der Waals surface area contributed by atoms with Crippen molar-refractivity contribution in [3.05, 3.63) is 52.0 Å². The lowest BCUT2D eigenvalue weighted by Gasteiger charge is -2.34. The highest BCUT2D eigenvalue weighted by atomic mass is 32.1. The summed E-state index contributed by atoms with van der Waals surface area (Å²) in [6.07, 6.45) is 5.94. The average Bonchev–Trinajstić information content (AvgIpc) is 3.12. The molecule has 0 unspecified atom stereocenters. The molecule has 2 amide bonds. The molecule has 1 aliphatic carbocycles. The van der Waals surface area contributed by atoms with E-state index in [1.807, 2.05) is 36.6 Å². The van der Waals surface area contributed by atoms with Gasteiger partial charge in [0.1, 0.15) is 0 Å². The third-order valence-corrected chi connectivity index (χ3v) is 6.15. The van der Waals surface area contributed by atoms with Crippen molar-refractivity contribution in [1.29, 1.82) is 0 Å². The summed E-state index contributed by atoms with van der Waals surface area (Å²) in [4.78, 5) is 29.5. The average molecular weight is 386 g/mol. The van der Waals surface area contributed by atoms with E-state index in [0.29, 0.717) is 11.8 Å². The molecule has 0 spiro atoms. The molecule has 5 nitrogen and oxygen atoms in total. The number of thiophene rings is 1. The number of nitrogens with zero attached hydrogens (tertiary/aromatic N) is 1. The number of carbonyl (C=O) groups excluding carboxylic acids is 2. The second kappa shape index (κ2) is 9.13. The van der Waals surface area contributed by atoms with Crippen molar-refractivity contribution in [3.63, 3.8) is 0 Å². The fourth-order valence-electron chi connectivity index (χ4n) is 3.79. The van der Waals surface area contributed by atoms with Crippen LogP contribution in [-0.4, -0.2) is 23.3 Å². The number of hydrogen-bond donors (Lipinski definition) is 2. The number of aryl methyl sites for hydroxylation is 1. The summed E-state index contributed by atoms with van der Waals surface area (Å²) < 4.78 is 0. The molecular weight excluding hydrogens is 358 g/mol. The van der Waals surface area contributed by atoms with E-state index in [0.717, 1.165) is 48.4 Å². The minimum absolute atomic E-state index is 0.0294. The van der Waals surface area contributed by atoms with E-state index in [1.54, 1.807) is 24.5 Å². The summed E-state index contributed by atoms with van der Waals surface area (Å²) in [5.41, 5.74) is 1.64. The smallest absolute Gasteiger partial charge is 0.252 e. The first-order valence-electron chi connectivity index (χ1n) is 9.54. The van der Waals surface area contributed by atoms with Crippen molar-refractivity contribution in [2.75, 3.05) is 6.54 Å². The van der Waals surface area contributed by atoms with Crippen LogP contribution in [-0.2, 0) is 4.79 Å². The first kappa shape index (κ1) is 19.5. The maximum absolute atomic E-state index is 12.7. The molecule has 0 radical (unpaired) electrons. The number of hydrogen-bond acceptors (Lipinski definition) is 4. The van der Waals surface area contributed by atoms with Crippen molar-refractivity contribution >= 4 is 23.2 Å². The quantitative estimate of drug-likeness (QED) is 0.793. The van der Waals surface area contributed by atoms with Crippen LogP contribution >= 0.6 is 11.3 Å². The van der Waals surface area contributed by atoms with Gasteiger partial charge in [-0.1, -0.05) is 6.07 Å². The van der Waals surface area contributed by atoms with Gasteiger partial charge in [0.25, 0.3) is 5.91 Å². The predicted molar refractivity (Wildman–Crippen MR) is 108 cm³/mol. The van der Waals surface area contributed by atoms with Crippen LogP contribution in [0.3, 0.4) is 0 Å². The van der Waals surface area contributed by atoms with Gasteiger partial charge in [-0.2, -0.15) is 0 Å². The van der Waals surface area contributed by atoms with E-state index in [9.17, 15) is 9.59 Å². The Morgan fingerprint density at radius 1 is 1.26 bits per heavy atom. The number of aromatic nitrogens is 1. The molecule has 27 heavy (non-hydrogen) atoms. The zero-order valence-electron chi connectivity index (χ0n) is 15.9. The lowest BCUT2D eigenvalue weighted by Crippen LogP contribution is -2.37. The molecule has 3 rings (SSSR count). The fraction of sp³-hybridized carbons (Fsp3) is 0.476. The number of nitrogens with one attached hydrogen (secondary N) is 2. The largest absolute Gasteiger partial charge is 0.356 e. The third-order valence-electron chi connectivity index (χ3n) is 5.29. The summed E-state index contributed by atoms with van der Waals surface area (Å²) in [6, 6.07) is 7.71. The molecule has 2 heterocycles. The van der Waals surface area contributed by atoms with Crippen LogP contribution in [0.15, 0.2) is 35.8 Å². The zero-order valence-corrected chi connectivity index (χ0v) is 16.7. The molecule has 2 N–H and O–H groups in total. The van der Waals surface area contributed by atoms with E-state index in [2.05, 4.69) is 15.6 Å². The zero-order chi connectivity index (χ0) is 19.2. The van der Waals surface area contributed by atoms with Gasteiger partial charge in [0.15, 0.2) is 0 Å². The molecular formula is C21H27N3O2S. The second-order valence-corrected chi connectivity index (χ2v) is 8.49. The Balaban J connectivity index is 1.68. The number of carbonyl (C=O) groups is 2. The van der Waals surface area contributed by atoms with Gasteiger partial charge in [0, 0.05) is 29.9 Å². The standard InChI is InChI=1S/C21H27N3O2S/c1-14-11-18(13-27-14)21(26)24-20(19-5-3-4-10-22-19)17-8-6-16(7-9-17)12-23-15(2)25/h3-5,10-11,13,16-17,20H,6-9,12H2,1-2H3,(H,23,25)(H,24,26)/t16?,17?,20-/m1/s1. The molecule has 0 saturated heterocycles. The number of rotatable bonds is 6. The fourth-order valence-corrected chi connectivity index (χ4v) is 4.48. The highest BCUT2D eigenvalue weighted by molar-refractivity contribution is 7.10. The Kier molecular flexibility index (Phi) is 6.61. The summed E-state index contributed by atoms with van der Waals surface area (Å²) in [5, 5.41) is 8.07. The summed E-state index contributed by atoms with van der Waals surface area (Å²) in [7, 11) is 0. The SMILES string of the molecule is CC(=O)NCC1CCC([C@@H](NC(=O)c2csc(C)c2)c2ccccn2)CC1. The predicted octanol–water partition coefficient (Wildman–Crippen LogP) is 3.87. The third kappa shape index (κ3) is 5.39. The van der Waals surface area contributed by atoms with Crippen molar-refractivity contribution in [2.45, 2.75) is 45.6 Å². The molecule has 1 aliphatic rings. The Morgan fingerprint density at radius 3 is 2.63 bits per heavy atom. The lowest BCUT2D eigenvalue weighted by molar-refractivity contribution is -0.119. The molecule has 2 aromatic rings. The van der Waals surface area contributed by atoms with Crippen molar-refractivity contribution in [2.24, 2.45) is 11.8 Å². The van der Waals surface area contributed by atoms with E-state index in [4.69, 9.17) is 0 Å². The molecule has 0 aliphatic heterocycles. The van der Waals surface area contributed by atoms with Crippen LogP contribution in [0.1, 0.15) is 59.6 Å². The van der Waals surface area contributed by atoms with Gasteiger partial charge in [-0.15, -0.1) is 11.3 Å². The molecule has 1 atom stereocenters. The molecule has 2 aromatic heterocycles. The molecule has 144 valence electrons. The van der Waals surface area contributed by atoms with Crippen molar-refractivity contribution < 1.29 is 9.59 Å². The van der Waals surface area contributed by atoms with Crippen LogP contribution in [0.4, 0.5) is 0 Å². The van der Waals surface area contributed by atoms with Gasteiger partial charge in [0.05, 0.1) is 17.3 Å². The minimum Gasteiger partial charge on any atom is -0.356 e. The van der Waals surface area contributed by atoms with E-state index in [1.165, 1.54) is 0 Å². The van der Waals surface area contributed by atoms with Gasteiger partial charge in [0.2, 0.25) is 5.91 Å². The Bertz CT molecular complexity index is 767. The molecule has 0 aromatic carbocycles. The first-order valence-corrected chi connectivity index (χ1v) is 10.4. The van der Waals surface area contributed by atoms with Gasteiger partial charge < -0.3 is 10.6 Å². The topological polar surface area (TPSA) is 71.1 Å². The first-order chi connectivity index (χ1) is 13.0. The summed E-state index contributed by atoms with van der Waals surface area (Å²) >= 11 is 1.59. The highest BCUT2D eigenvalue weighted by Gasteiger charge is 2.30. The summed E-state index contributed by atoms with van der Waals surface area (Å²) in [5.74, 6) is 0.874. The summed E-state index contributed by atoms with van der Waals surface area (Å²) in [6.45, 7) is 4.31. The Labute approximate surface area is 164 Å². The van der Waals surface area contributed by atoms with E-state index < -0.39 is 0 Å².